The fraction of sp³-hybridized carbons (Fsp3) is 0.889. The van der Waals surface area contributed by atoms with Crippen molar-refractivity contribution in [1.82, 2.24) is 20.4 Å². The maximum absolute atomic E-state index is 12.1. The summed E-state index contributed by atoms with van der Waals surface area (Å²) in [5.74, 6) is 1.03. The van der Waals surface area contributed by atoms with E-state index in [1.807, 2.05) is 18.7 Å². The molecule has 0 bridgehead atoms. The van der Waals surface area contributed by atoms with Crippen LogP contribution in [-0.4, -0.2) is 73.5 Å². The maximum Gasteiger partial charge on any atom is 0.224 e. The SMILES string of the molecule is CCNC(=NCC1CCCCN1CC)NCCC(=O)N(CC)CC.I. The average molecular weight is 467 g/mol. The van der Waals surface area contributed by atoms with Gasteiger partial charge in [-0.05, 0) is 46.7 Å². The van der Waals surface area contributed by atoms with Crippen LogP contribution in [0.15, 0.2) is 4.99 Å². The van der Waals surface area contributed by atoms with Gasteiger partial charge in [-0.3, -0.25) is 14.7 Å². The van der Waals surface area contributed by atoms with E-state index in [0.29, 0.717) is 19.0 Å². The van der Waals surface area contributed by atoms with Crippen molar-refractivity contribution in [3.63, 3.8) is 0 Å². The average Bonchev–Trinajstić information content (AvgIpc) is 2.61. The summed E-state index contributed by atoms with van der Waals surface area (Å²) in [6.07, 6.45) is 4.35. The molecule has 1 unspecified atom stereocenters. The van der Waals surface area contributed by atoms with E-state index in [1.54, 1.807) is 0 Å². The Hall–Kier alpha value is -0.570. The van der Waals surface area contributed by atoms with Crippen molar-refractivity contribution in [2.24, 2.45) is 4.99 Å². The third-order valence-electron chi connectivity index (χ3n) is 4.71. The number of amides is 1. The number of nitrogens with one attached hydrogen (secondary N) is 2. The number of aliphatic imine (C=N–C) groups is 1. The molecule has 0 aliphatic carbocycles. The molecule has 7 heteroatoms. The number of hydrogen-bond donors (Lipinski definition) is 2. The van der Waals surface area contributed by atoms with Gasteiger partial charge in [0.2, 0.25) is 5.91 Å². The number of likely N-dealkylation sites (tertiary alicyclic amines) is 1. The van der Waals surface area contributed by atoms with Gasteiger partial charge >= 0.3 is 0 Å². The van der Waals surface area contributed by atoms with E-state index >= 15 is 0 Å². The Bertz CT molecular complexity index is 388. The van der Waals surface area contributed by atoms with Crippen molar-refractivity contribution in [2.75, 3.05) is 45.8 Å². The molecule has 1 aliphatic rings. The predicted octanol–water partition coefficient (Wildman–Crippen LogP) is 2.29. The highest BCUT2D eigenvalue weighted by Crippen LogP contribution is 2.16. The third kappa shape index (κ3) is 9.08. The van der Waals surface area contributed by atoms with Crippen molar-refractivity contribution >= 4 is 35.8 Å². The van der Waals surface area contributed by atoms with Crippen molar-refractivity contribution in [2.45, 2.75) is 59.4 Å². The van der Waals surface area contributed by atoms with Gasteiger partial charge in [0.1, 0.15) is 0 Å². The number of carbonyl (C=O) groups excluding carboxylic acids is 1. The second-order valence-electron chi connectivity index (χ2n) is 6.24. The smallest absolute Gasteiger partial charge is 0.224 e. The van der Waals surface area contributed by atoms with Crippen LogP contribution in [0.3, 0.4) is 0 Å². The van der Waals surface area contributed by atoms with Gasteiger partial charge in [0, 0.05) is 38.6 Å². The van der Waals surface area contributed by atoms with Gasteiger partial charge < -0.3 is 15.5 Å². The van der Waals surface area contributed by atoms with Gasteiger partial charge in [-0.1, -0.05) is 13.3 Å². The normalized spacial score (nSPS) is 18.4. The minimum Gasteiger partial charge on any atom is -0.357 e. The van der Waals surface area contributed by atoms with Crippen LogP contribution in [0.5, 0.6) is 0 Å². The second kappa shape index (κ2) is 14.6. The van der Waals surface area contributed by atoms with Crippen molar-refractivity contribution in [3.8, 4) is 0 Å². The molecule has 25 heavy (non-hydrogen) atoms. The topological polar surface area (TPSA) is 60.0 Å². The molecule has 0 aromatic heterocycles. The van der Waals surface area contributed by atoms with Gasteiger partial charge in [-0.2, -0.15) is 0 Å². The summed E-state index contributed by atoms with van der Waals surface area (Å²) < 4.78 is 0. The van der Waals surface area contributed by atoms with E-state index in [0.717, 1.165) is 38.7 Å². The zero-order chi connectivity index (χ0) is 17.8. The molecule has 0 aromatic rings. The quantitative estimate of drug-likeness (QED) is 0.311. The molecule has 1 heterocycles. The van der Waals surface area contributed by atoms with Crippen LogP contribution in [0.4, 0.5) is 0 Å². The highest BCUT2D eigenvalue weighted by Gasteiger charge is 2.20. The van der Waals surface area contributed by atoms with E-state index in [2.05, 4.69) is 29.4 Å². The van der Waals surface area contributed by atoms with Crippen molar-refractivity contribution in [3.05, 3.63) is 0 Å². The first kappa shape index (κ1) is 24.4. The molecule has 0 saturated carbocycles. The Balaban J connectivity index is 0.00000576. The molecular weight excluding hydrogens is 429 g/mol. The highest BCUT2D eigenvalue weighted by atomic mass is 127. The minimum atomic E-state index is 0. The summed E-state index contributed by atoms with van der Waals surface area (Å²) in [5, 5.41) is 6.58. The second-order valence-corrected chi connectivity index (χ2v) is 6.24. The molecule has 0 aromatic carbocycles. The van der Waals surface area contributed by atoms with Crippen LogP contribution in [0, 0.1) is 0 Å². The van der Waals surface area contributed by atoms with Gasteiger partial charge in [0.25, 0.3) is 0 Å². The lowest BCUT2D eigenvalue weighted by molar-refractivity contribution is -0.130. The zero-order valence-corrected chi connectivity index (χ0v) is 18.8. The Labute approximate surface area is 171 Å². The number of guanidine groups is 1. The van der Waals surface area contributed by atoms with Crippen LogP contribution >= 0.6 is 24.0 Å². The standard InChI is InChI=1S/C18H37N5O.HI/c1-5-19-18(20-13-12-17(24)22(6-2)7-3)21-15-16-11-9-10-14-23(16)8-4;/h16H,5-15H2,1-4H3,(H2,19,20,21);1H. The molecule has 1 saturated heterocycles. The molecule has 1 atom stereocenters. The number of hydrogen-bond acceptors (Lipinski definition) is 3. The molecule has 0 radical (unpaired) electrons. The van der Waals surface area contributed by atoms with Crippen LogP contribution in [0.25, 0.3) is 0 Å². The van der Waals surface area contributed by atoms with Crippen molar-refractivity contribution in [1.29, 1.82) is 0 Å². The molecule has 0 spiro atoms. The fourth-order valence-corrected chi connectivity index (χ4v) is 3.24. The van der Waals surface area contributed by atoms with E-state index in [4.69, 9.17) is 4.99 Å². The number of halogens is 1. The first-order chi connectivity index (χ1) is 11.7. The predicted molar refractivity (Wildman–Crippen MR) is 117 cm³/mol. The number of nitrogens with zero attached hydrogens (tertiary/aromatic N) is 3. The minimum absolute atomic E-state index is 0. The Morgan fingerprint density at radius 2 is 1.88 bits per heavy atom. The molecule has 1 aliphatic heterocycles. The molecule has 2 N–H and O–H groups in total. The fourth-order valence-electron chi connectivity index (χ4n) is 3.24. The third-order valence-corrected chi connectivity index (χ3v) is 4.71. The molecular formula is C18H38IN5O. The Kier molecular flexibility index (Phi) is 14.3. The van der Waals surface area contributed by atoms with E-state index in [-0.39, 0.29) is 29.9 Å². The zero-order valence-electron chi connectivity index (χ0n) is 16.5. The number of rotatable bonds is 9. The lowest BCUT2D eigenvalue weighted by Gasteiger charge is -2.34. The summed E-state index contributed by atoms with van der Waals surface area (Å²) in [6, 6.07) is 0.552. The summed E-state index contributed by atoms with van der Waals surface area (Å²) in [5.41, 5.74) is 0. The lowest BCUT2D eigenvalue weighted by atomic mass is 10.0. The van der Waals surface area contributed by atoms with Crippen LogP contribution < -0.4 is 10.6 Å². The van der Waals surface area contributed by atoms with E-state index in [9.17, 15) is 4.79 Å². The maximum atomic E-state index is 12.1. The number of piperidine rings is 1. The summed E-state index contributed by atoms with van der Waals surface area (Å²) in [6.45, 7) is 14.5. The summed E-state index contributed by atoms with van der Waals surface area (Å²) in [4.78, 5) is 21.2. The van der Waals surface area contributed by atoms with Gasteiger partial charge in [-0.25, -0.2) is 0 Å². The molecule has 1 amide bonds. The first-order valence-corrected chi connectivity index (χ1v) is 9.70. The van der Waals surface area contributed by atoms with Crippen LogP contribution in [0.1, 0.15) is 53.4 Å². The van der Waals surface area contributed by atoms with E-state index < -0.39 is 0 Å². The molecule has 1 fully saturated rings. The van der Waals surface area contributed by atoms with Crippen molar-refractivity contribution < 1.29 is 4.79 Å². The largest absolute Gasteiger partial charge is 0.357 e. The Morgan fingerprint density at radius 1 is 1.16 bits per heavy atom. The van der Waals surface area contributed by atoms with Gasteiger partial charge in [0.05, 0.1) is 6.54 Å². The molecule has 148 valence electrons. The number of carbonyl (C=O) groups is 1. The highest BCUT2D eigenvalue weighted by molar-refractivity contribution is 14.0. The first-order valence-electron chi connectivity index (χ1n) is 9.70. The van der Waals surface area contributed by atoms with Crippen LogP contribution in [0.2, 0.25) is 0 Å². The van der Waals surface area contributed by atoms with E-state index in [1.165, 1.54) is 25.8 Å². The molecule has 6 nitrogen and oxygen atoms in total. The summed E-state index contributed by atoms with van der Waals surface area (Å²) >= 11 is 0. The Morgan fingerprint density at radius 3 is 2.48 bits per heavy atom. The van der Waals surface area contributed by atoms with Gasteiger partial charge in [0.15, 0.2) is 5.96 Å². The lowest BCUT2D eigenvalue weighted by Crippen LogP contribution is -2.43. The molecule has 1 rings (SSSR count). The monoisotopic (exact) mass is 467 g/mol. The van der Waals surface area contributed by atoms with Crippen LogP contribution in [-0.2, 0) is 4.79 Å². The van der Waals surface area contributed by atoms with Gasteiger partial charge in [-0.15, -0.1) is 24.0 Å². The number of likely N-dealkylation sites (N-methyl/N-ethyl adjacent to an activating group) is 1. The summed E-state index contributed by atoms with van der Waals surface area (Å²) in [7, 11) is 0.